The minimum atomic E-state index is -1.60. The standard InChI is InChI=1S/C14H19F3N2O3/c1-3-9(7-22-2)18-14(21)19-12(6-20)8-4-10(15)13(17)11(16)5-8/h4-5,9,12,20H,3,6-7H2,1-2H3,(H2,18,19,21). The van der Waals surface area contributed by atoms with Gasteiger partial charge in [0, 0.05) is 7.11 Å². The molecule has 0 bridgehead atoms. The molecule has 0 radical (unpaired) electrons. The van der Waals surface area contributed by atoms with Crippen LogP contribution in [-0.2, 0) is 4.74 Å². The Hall–Kier alpha value is -1.80. The summed E-state index contributed by atoms with van der Waals surface area (Å²) in [7, 11) is 1.49. The predicted molar refractivity (Wildman–Crippen MR) is 73.8 cm³/mol. The van der Waals surface area contributed by atoms with Gasteiger partial charge in [-0.1, -0.05) is 6.92 Å². The molecule has 0 aliphatic rings. The van der Waals surface area contributed by atoms with Gasteiger partial charge in [-0.2, -0.15) is 0 Å². The number of methoxy groups -OCH3 is 1. The molecule has 0 aliphatic carbocycles. The van der Waals surface area contributed by atoms with Gasteiger partial charge >= 0.3 is 6.03 Å². The lowest BCUT2D eigenvalue weighted by atomic mass is 10.1. The van der Waals surface area contributed by atoms with E-state index in [-0.39, 0.29) is 11.6 Å². The number of carbonyl (C=O) groups excluding carboxylic acids is 1. The number of hydrogen-bond donors (Lipinski definition) is 3. The number of halogens is 3. The van der Waals surface area contributed by atoms with Gasteiger partial charge in [0.1, 0.15) is 0 Å². The highest BCUT2D eigenvalue weighted by atomic mass is 19.2. The molecule has 3 N–H and O–H groups in total. The second-order valence-corrected chi connectivity index (χ2v) is 4.71. The van der Waals surface area contributed by atoms with Crippen molar-refractivity contribution in [2.45, 2.75) is 25.4 Å². The SMILES string of the molecule is CCC(COC)NC(=O)NC(CO)c1cc(F)c(F)c(F)c1. The van der Waals surface area contributed by atoms with Gasteiger partial charge in [0.25, 0.3) is 0 Å². The molecule has 2 atom stereocenters. The van der Waals surface area contributed by atoms with E-state index in [1.807, 2.05) is 6.92 Å². The number of nitrogens with one attached hydrogen (secondary N) is 2. The molecule has 0 saturated heterocycles. The molecule has 2 amide bonds. The Morgan fingerprint density at radius 1 is 1.27 bits per heavy atom. The third kappa shape index (κ3) is 4.88. The lowest BCUT2D eigenvalue weighted by molar-refractivity contribution is 0.161. The van der Waals surface area contributed by atoms with E-state index in [1.165, 1.54) is 7.11 Å². The highest BCUT2D eigenvalue weighted by Gasteiger charge is 2.19. The van der Waals surface area contributed by atoms with Crippen molar-refractivity contribution in [1.82, 2.24) is 10.6 Å². The Bertz CT molecular complexity index is 491. The number of ether oxygens (including phenoxy) is 1. The number of urea groups is 1. The number of benzene rings is 1. The summed E-state index contributed by atoms with van der Waals surface area (Å²) in [5.41, 5.74) is -0.0751. The Balaban J connectivity index is 2.78. The van der Waals surface area contributed by atoms with E-state index in [0.29, 0.717) is 13.0 Å². The van der Waals surface area contributed by atoms with Crippen LogP contribution in [-0.4, -0.2) is 37.5 Å². The van der Waals surface area contributed by atoms with Crippen molar-refractivity contribution in [3.8, 4) is 0 Å². The zero-order valence-corrected chi connectivity index (χ0v) is 12.3. The van der Waals surface area contributed by atoms with Gasteiger partial charge in [-0.05, 0) is 24.1 Å². The van der Waals surface area contributed by atoms with Crippen LogP contribution >= 0.6 is 0 Å². The van der Waals surface area contributed by atoms with E-state index in [1.54, 1.807) is 0 Å². The molecule has 124 valence electrons. The number of hydrogen-bond acceptors (Lipinski definition) is 3. The number of aliphatic hydroxyl groups excluding tert-OH is 1. The fraction of sp³-hybridized carbons (Fsp3) is 0.500. The third-order valence-electron chi connectivity index (χ3n) is 3.09. The van der Waals surface area contributed by atoms with Crippen LogP contribution in [0.1, 0.15) is 24.9 Å². The topological polar surface area (TPSA) is 70.6 Å². The van der Waals surface area contributed by atoms with Gasteiger partial charge in [-0.3, -0.25) is 0 Å². The van der Waals surface area contributed by atoms with E-state index >= 15 is 0 Å². The molecule has 0 spiro atoms. The summed E-state index contributed by atoms with van der Waals surface area (Å²) in [6, 6.07) is -0.485. The van der Waals surface area contributed by atoms with Crippen LogP contribution in [0.5, 0.6) is 0 Å². The van der Waals surface area contributed by atoms with Crippen LogP contribution < -0.4 is 10.6 Å². The lowest BCUT2D eigenvalue weighted by Gasteiger charge is -2.21. The normalized spacial score (nSPS) is 13.5. The molecular weight excluding hydrogens is 301 g/mol. The third-order valence-corrected chi connectivity index (χ3v) is 3.09. The first-order valence-electron chi connectivity index (χ1n) is 6.74. The van der Waals surface area contributed by atoms with Crippen molar-refractivity contribution in [1.29, 1.82) is 0 Å². The molecule has 1 aromatic carbocycles. The quantitative estimate of drug-likeness (QED) is 0.672. The van der Waals surface area contributed by atoms with Crippen molar-refractivity contribution >= 4 is 6.03 Å². The Kier molecular flexibility index (Phi) is 7.13. The van der Waals surface area contributed by atoms with Crippen LogP contribution in [0.2, 0.25) is 0 Å². The average Bonchev–Trinajstić information content (AvgIpc) is 2.49. The molecule has 0 heterocycles. The van der Waals surface area contributed by atoms with Crippen LogP contribution in [0.25, 0.3) is 0 Å². The van der Waals surface area contributed by atoms with Crippen molar-refractivity contribution in [2.24, 2.45) is 0 Å². The van der Waals surface area contributed by atoms with Crippen LogP contribution in [0.3, 0.4) is 0 Å². The first kappa shape index (κ1) is 18.2. The number of rotatable bonds is 7. The summed E-state index contributed by atoms with van der Waals surface area (Å²) in [4.78, 5) is 11.8. The summed E-state index contributed by atoms with van der Waals surface area (Å²) in [6.45, 7) is 1.55. The Morgan fingerprint density at radius 2 is 1.86 bits per heavy atom. The number of carbonyl (C=O) groups is 1. The minimum absolute atomic E-state index is 0.0751. The molecule has 0 saturated carbocycles. The summed E-state index contributed by atoms with van der Waals surface area (Å²) in [6.07, 6.45) is 0.616. The van der Waals surface area contributed by atoms with Crippen molar-refractivity contribution in [3.05, 3.63) is 35.1 Å². The van der Waals surface area contributed by atoms with Gasteiger partial charge in [0.05, 0.1) is 25.3 Å². The second-order valence-electron chi connectivity index (χ2n) is 4.71. The monoisotopic (exact) mass is 320 g/mol. The van der Waals surface area contributed by atoms with Crippen LogP contribution in [0.4, 0.5) is 18.0 Å². The van der Waals surface area contributed by atoms with E-state index in [4.69, 9.17) is 4.74 Å². The summed E-state index contributed by atoms with van der Waals surface area (Å²) >= 11 is 0. The molecule has 22 heavy (non-hydrogen) atoms. The highest BCUT2D eigenvalue weighted by Crippen LogP contribution is 2.19. The minimum Gasteiger partial charge on any atom is -0.394 e. The molecular formula is C14H19F3N2O3. The molecule has 0 aliphatic heterocycles. The molecule has 8 heteroatoms. The van der Waals surface area contributed by atoms with E-state index in [0.717, 1.165) is 12.1 Å². The van der Waals surface area contributed by atoms with E-state index in [9.17, 15) is 23.1 Å². The fourth-order valence-corrected chi connectivity index (χ4v) is 1.86. The fourth-order valence-electron chi connectivity index (χ4n) is 1.86. The molecule has 1 aromatic rings. The van der Waals surface area contributed by atoms with E-state index in [2.05, 4.69) is 10.6 Å². The van der Waals surface area contributed by atoms with Gasteiger partial charge in [-0.15, -0.1) is 0 Å². The van der Waals surface area contributed by atoms with E-state index < -0.39 is 36.1 Å². The molecule has 1 rings (SSSR count). The first-order chi connectivity index (χ1) is 10.4. The maximum Gasteiger partial charge on any atom is 0.315 e. The average molecular weight is 320 g/mol. The van der Waals surface area contributed by atoms with Crippen molar-refractivity contribution < 1.29 is 27.8 Å². The zero-order chi connectivity index (χ0) is 16.7. The maximum atomic E-state index is 13.2. The van der Waals surface area contributed by atoms with Crippen molar-refractivity contribution in [3.63, 3.8) is 0 Å². The smallest absolute Gasteiger partial charge is 0.315 e. The highest BCUT2D eigenvalue weighted by molar-refractivity contribution is 5.74. The van der Waals surface area contributed by atoms with Gasteiger partial charge in [0.15, 0.2) is 17.5 Å². The number of aliphatic hydroxyl groups is 1. The number of amides is 2. The summed E-state index contributed by atoms with van der Waals surface area (Å²) in [5, 5.41) is 14.2. The van der Waals surface area contributed by atoms with Crippen molar-refractivity contribution in [2.75, 3.05) is 20.3 Å². The molecule has 2 unspecified atom stereocenters. The Morgan fingerprint density at radius 3 is 2.32 bits per heavy atom. The largest absolute Gasteiger partial charge is 0.394 e. The predicted octanol–water partition coefficient (Wildman–Crippen LogP) is 1.86. The lowest BCUT2D eigenvalue weighted by Crippen LogP contribution is -2.45. The first-order valence-corrected chi connectivity index (χ1v) is 6.74. The summed E-state index contributed by atoms with van der Waals surface area (Å²) in [5.74, 6) is -4.38. The molecule has 0 fully saturated rings. The molecule has 0 aromatic heterocycles. The summed E-state index contributed by atoms with van der Waals surface area (Å²) < 4.78 is 44.2. The van der Waals surface area contributed by atoms with Crippen LogP contribution in [0, 0.1) is 17.5 Å². The second kappa shape index (κ2) is 8.60. The maximum absolute atomic E-state index is 13.2. The van der Waals surface area contributed by atoms with Gasteiger partial charge < -0.3 is 20.5 Å². The van der Waals surface area contributed by atoms with Crippen LogP contribution in [0.15, 0.2) is 12.1 Å². The zero-order valence-electron chi connectivity index (χ0n) is 12.3. The van der Waals surface area contributed by atoms with Gasteiger partial charge in [0.2, 0.25) is 0 Å². The molecule has 5 nitrogen and oxygen atoms in total. The van der Waals surface area contributed by atoms with Gasteiger partial charge in [-0.25, -0.2) is 18.0 Å². The Labute approximate surface area is 126 Å².